The summed E-state index contributed by atoms with van der Waals surface area (Å²) in [6.07, 6.45) is 3.86. The van der Waals surface area contributed by atoms with Crippen molar-refractivity contribution in [3.05, 3.63) is 0 Å². The third-order valence-corrected chi connectivity index (χ3v) is 2.45. The van der Waals surface area contributed by atoms with Gasteiger partial charge in [-0.25, -0.2) is 0 Å². The Labute approximate surface area is 68.2 Å². The van der Waals surface area contributed by atoms with Gasteiger partial charge in [0.05, 0.1) is 5.54 Å². The quantitative estimate of drug-likeness (QED) is 0.668. The first-order chi connectivity index (χ1) is 5.10. The maximum absolute atomic E-state index is 11.5. The molecule has 1 saturated carbocycles. The van der Waals surface area contributed by atoms with Gasteiger partial charge in [0.1, 0.15) is 0 Å². The summed E-state index contributed by atoms with van der Waals surface area (Å²) >= 11 is 0. The van der Waals surface area contributed by atoms with E-state index in [-0.39, 0.29) is 11.7 Å². The minimum Gasteiger partial charge on any atom is -0.319 e. The lowest BCUT2D eigenvalue weighted by Gasteiger charge is -2.13. The molecule has 0 aliphatic heterocycles. The van der Waals surface area contributed by atoms with E-state index in [1.54, 1.807) is 0 Å². The van der Waals surface area contributed by atoms with Gasteiger partial charge in [0.2, 0.25) is 0 Å². The van der Waals surface area contributed by atoms with E-state index in [0.29, 0.717) is 0 Å². The summed E-state index contributed by atoms with van der Waals surface area (Å²) < 4.78 is 0. The molecule has 1 atom stereocenters. The van der Waals surface area contributed by atoms with Crippen molar-refractivity contribution in [2.45, 2.75) is 45.1 Å². The van der Waals surface area contributed by atoms with Gasteiger partial charge < -0.3 is 5.73 Å². The molecule has 0 saturated heterocycles. The zero-order valence-corrected chi connectivity index (χ0v) is 7.39. The summed E-state index contributed by atoms with van der Waals surface area (Å²) in [4.78, 5) is 11.5. The second kappa shape index (κ2) is 2.94. The van der Waals surface area contributed by atoms with E-state index < -0.39 is 5.54 Å². The molecule has 64 valence electrons. The fraction of sp³-hybridized carbons (Fsp3) is 0.889. The van der Waals surface area contributed by atoms with Crippen molar-refractivity contribution < 1.29 is 4.79 Å². The Morgan fingerprint density at radius 1 is 1.64 bits per heavy atom. The maximum atomic E-state index is 11.5. The summed E-state index contributed by atoms with van der Waals surface area (Å²) in [5.41, 5.74) is 5.36. The first-order valence-corrected chi connectivity index (χ1v) is 4.43. The predicted octanol–water partition coefficient (Wildman–Crippen LogP) is 1.48. The summed E-state index contributed by atoms with van der Waals surface area (Å²) in [6.45, 7) is 4.08. The fourth-order valence-corrected chi connectivity index (χ4v) is 1.44. The Balaban J connectivity index is 2.40. The summed E-state index contributed by atoms with van der Waals surface area (Å²) in [7, 11) is 0. The number of Topliss-reactive ketones (excluding diaryl/α,β-unsaturated/α-hetero) is 1. The molecule has 2 heteroatoms. The summed E-state index contributed by atoms with van der Waals surface area (Å²) in [5.74, 6) is 0.451. The molecule has 0 radical (unpaired) electrons. The van der Waals surface area contributed by atoms with Crippen LogP contribution in [0.25, 0.3) is 0 Å². The standard InChI is InChI=1S/C9H17NO/c1-3-4-7(2)8(11)9(10)5-6-9/h7H,3-6,10H2,1-2H3. The van der Waals surface area contributed by atoms with E-state index in [2.05, 4.69) is 6.92 Å². The predicted molar refractivity (Wildman–Crippen MR) is 45.2 cm³/mol. The van der Waals surface area contributed by atoms with Gasteiger partial charge in [-0.05, 0) is 19.3 Å². The van der Waals surface area contributed by atoms with Crippen LogP contribution in [0.3, 0.4) is 0 Å². The molecule has 0 heterocycles. The smallest absolute Gasteiger partial charge is 0.155 e. The molecule has 11 heavy (non-hydrogen) atoms. The van der Waals surface area contributed by atoms with Crippen LogP contribution >= 0.6 is 0 Å². The molecule has 1 aliphatic carbocycles. The molecule has 2 nitrogen and oxygen atoms in total. The lowest BCUT2D eigenvalue weighted by Crippen LogP contribution is -2.36. The molecule has 0 aromatic rings. The largest absolute Gasteiger partial charge is 0.319 e. The molecule has 0 amide bonds. The summed E-state index contributed by atoms with van der Waals surface area (Å²) in [5, 5.41) is 0. The van der Waals surface area contributed by atoms with E-state index in [1.807, 2.05) is 6.92 Å². The van der Waals surface area contributed by atoms with Crippen LogP contribution < -0.4 is 5.73 Å². The Bertz CT molecular complexity index is 161. The maximum Gasteiger partial charge on any atom is 0.155 e. The second-order valence-corrected chi connectivity index (χ2v) is 3.71. The zero-order chi connectivity index (χ0) is 8.48. The van der Waals surface area contributed by atoms with E-state index in [1.165, 1.54) is 0 Å². The lowest BCUT2D eigenvalue weighted by atomic mass is 9.95. The highest BCUT2D eigenvalue weighted by Gasteiger charge is 2.46. The Hall–Kier alpha value is -0.370. The Morgan fingerprint density at radius 3 is 2.55 bits per heavy atom. The molecule has 2 N–H and O–H groups in total. The van der Waals surface area contributed by atoms with Crippen LogP contribution in [0.15, 0.2) is 0 Å². The van der Waals surface area contributed by atoms with Crippen molar-refractivity contribution in [2.24, 2.45) is 11.7 Å². The minimum absolute atomic E-state index is 0.174. The van der Waals surface area contributed by atoms with E-state index in [4.69, 9.17) is 5.73 Å². The number of carbonyl (C=O) groups excluding carboxylic acids is 1. The third-order valence-electron chi connectivity index (χ3n) is 2.45. The van der Waals surface area contributed by atoms with E-state index in [9.17, 15) is 4.79 Å². The van der Waals surface area contributed by atoms with Crippen molar-refractivity contribution >= 4 is 5.78 Å². The topological polar surface area (TPSA) is 43.1 Å². The fourth-order valence-electron chi connectivity index (χ4n) is 1.44. The van der Waals surface area contributed by atoms with Crippen molar-refractivity contribution in [3.8, 4) is 0 Å². The van der Waals surface area contributed by atoms with Crippen molar-refractivity contribution in [1.29, 1.82) is 0 Å². The normalized spacial score (nSPS) is 22.8. The molecular weight excluding hydrogens is 138 g/mol. The number of ketones is 1. The second-order valence-electron chi connectivity index (χ2n) is 3.71. The van der Waals surface area contributed by atoms with Gasteiger partial charge >= 0.3 is 0 Å². The average Bonchev–Trinajstić information content (AvgIpc) is 2.68. The minimum atomic E-state index is -0.408. The molecule has 1 rings (SSSR count). The Morgan fingerprint density at radius 2 is 2.18 bits per heavy atom. The van der Waals surface area contributed by atoms with Gasteiger partial charge in [0, 0.05) is 5.92 Å². The highest BCUT2D eigenvalue weighted by atomic mass is 16.1. The number of rotatable bonds is 4. The average molecular weight is 155 g/mol. The van der Waals surface area contributed by atoms with Crippen LogP contribution in [-0.4, -0.2) is 11.3 Å². The highest BCUT2D eigenvalue weighted by molar-refractivity contribution is 5.92. The van der Waals surface area contributed by atoms with Crippen LogP contribution in [0.2, 0.25) is 0 Å². The lowest BCUT2D eigenvalue weighted by molar-refractivity contribution is -0.124. The molecule has 1 fully saturated rings. The van der Waals surface area contributed by atoms with Gasteiger partial charge in [-0.15, -0.1) is 0 Å². The van der Waals surface area contributed by atoms with Crippen molar-refractivity contribution in [2.75, 3.05) is 0 Å². The molecule has 0 bridgehead atoms. The van der Waals surface area contributed by atoms with Gasteiger partial charge in [-0.3, -0.25) is 4.79 Å². The summed E-state index contributed by atoms with van der Waals surface area (Å²) in [6, 6.07) is 0. The molecule has 0 spiro atoms. The number of hydrogen-bond acceptors (Lipinski definition) is 2. The van der Waals surface area contributed by atoms with Crippen LogP contribution in [0.5, 0.6) is 0 Å². The van der Waals surface area contributed by atoms with Crippen LogP contribution in [0, 0.1) is 5.92 Å². The van der Waals surface area contributed by atoms with E-state index in [0.717, 1.165) is 25.7 Å². The molecule has 1 unspecified atom stereocenters. The molecule has 0 aromatic carbocycles. The van der Waals surface area contributed by atoms with Crippen LogP contribution in [0.1, 0.15) is 39.5 Å². The van der Waals surface area contributed by atoms with Gasteiger partial charge in [0.25, 0.3) is 0 Å². The van der Waals surface area contributed by atoms with Crippen LogP contribution in [-0.2, 0) is 4.79 Å². The number of nitrogens with two attached hydrogens (primary N) is 1. The zero-order valence-electron chi connectivity index (χ0n) is 7.39. The van der Waals surface area contributed by atoms with Gasteiger partial charge in [-0.2, -0.15) is 0 Å². The Kier molecular flexibility index (Phi) is 2.33. The van der Waals surface area contributed by atoms with E-state index >= 15 is 0 Å². The highest BCUT2D eigenvalue weighted by Crippen LogP contribution is 2.36. The van der Waals surface area contributed by atoms with Crippen LogP contribution in [0.4, 0.5) is 0 Å². The SMILES string of the molecule is CCCC(C)C(=O)C1(N)CC1. The van der Waals surface area contributed by atoms with Crippen molar-refractivity contribution in [3.63, 3.8) is 0 Å². The first-order valence-electron chi connectivity index (χ1n) is 4.43. The molecular formula is C9H17NO. The number of carbonyl (C=O) groups is 1. The van der Waals surface area contributed by atoms with Gasteiger partial charge in [0.15, 0.2) is 5.78 Å². The molecule has 0 aromatic heterocycles. The molecule has 1 aliphatic rings. The van der Waals surface area contributed by atoms with Gasteiger partial charge in [-0.1, -0.05) is 20.3 Å². The first kappa shape index (κ1) is 8.72. The number of hydrogen-bond donors (Lipinski definition) is 1. The third kappa shape index (κ3) is 1.80. The monoisotopic (exact) mass is 155 g/mol. The van der Waals surface area contributed by atoms with Crippen molar-refractivity contribution in [1.82, 2.24) is 0 Å².